The predicted octanol–water partition coefficient (Wildman–Crippen LogP) is 2.66. The molecule has 0 radical (unpaired) electrons. The predicted molar refractivity (Wildman–Crippen MR) is 68.0 cm³/mol. The highest BCUT2D eigenvalue weighted by Crippen LogP contribution is 2.26. The zero-order valence-corrected chi connectivity index (χ0v) is 10.2. The fraction of sp³-hybridized carbons (Fsp3) is 0.214. The first-order valence-electron chi connectivity index (χ1n) is 6.18. The lowest BCUT2D eigenvalue weighted by molar-refractivity contribution is -0.0588. The number of rotatable bonds is 2. The van der Waals surface area contributed by atoms with Crippen LogP contribution in [0.5, 0.6) is 0 Å². The third-order valence-electron chi connectivity index (χ3n) is 3.11. The summed E-state index contributed by atoms with van der Waals surface area (Å²) >= 11 is 0. The van der Waals surface area contributed by atoms with Crippen molar-refractivity contribution in [1.29, 1.82) is 0 Å². The quantitative estimate of drug-likeness (QED) is 0.707. The van der Waals surface area contributed by atoms with Crippen LogP contribution >= 0.6 is 0 Å². The molecule has 1 aliphatic heterocycles. The highest BCUT2D eigenvalue weighted by Gasteiger charge is 2.22. The van der Waals surface area contributed by atoms with Crippen molar-refractivity contribution in [2.75, 3.05) is 13.2 Å². The van der Waals surface area contributed by atoms with E-state index in [1.54, 1.807) is 4.68 Å². The highest BCUT2D eigenvalue weighted by atomic mass is 16.7. The lowest BCUT2D eigenvalue weighted by atomic mass is 10.3. The number of fused-ring (bicyclic) bond motifs is 1. The first-order chi connectivity index (χ1) is 9.40. The Balaban J connectivity index is 1.71. The van der Waals surface area contributed by atoms with Crippen molar-refractivity contribution in [3.05, 3.63) is 48.4 Å². The van der Waals surface area contributed by atoms with Gasteiger partial charge < -0.3 is 13.9 Å². The van der Waals surface area contributed by atoms with Crippen LogP contribution in [0.15, 0.2) is 47.0 Å². The van der Waals surface area contributed by atoms with Gasteiger partial charge in [0.05, 0.1) is 18.7 Å². The zero-order valence-electron chi connectivity index (χ0n) is 10.2. The SMILES string of the molecule is c1ccc2nn(-c3ccc(C4OCCO4)o3)cc2c1. The van der Waals surface area contributed by atoms with Crippen molar-refractivity contribution in [3.63, 3.8) is 0 Å². The summed E-state index contributed by atoms with van der Waals surface area (Å²) in [4.78, 5) is 0. The van der Waals surface area contributed by atoms with Gasteiger partial charge in [-0.25, -0.2) is 4.68 Å². The monoisotopic (exact) mass is 256 g/mol. The van der Waals surface area contributed by atoms with Crippen LogP contribution in [-0.2, 0) is 9.47 Å². The molecule has 0 amide bonds. The Morgan fingerprint density at radius 2 is 1.89 bits per heavy atom. The van der Waals surface area contributed by atoms with E-state index in [2.05, 4.69) is 5.10 Å². The van der Waals surface area contributed by atoms with Crippen LogP contribution in [0, 0.1) is 0 Å². The minimum atomic E-state index is -0.390. The molecule has 1 fully saturated rings. The smallest absolute Gasteiger partial charge is 0.220 e. The summed E-state index contributed by atoms with van der Waals surface area (Å²) in [6.07, 6.45) is 1.55. The van der Waals surface area contributed by atoms with E-state index < -0.39 is 6.29 Å². The largest absolute Gasteiger partial charge is 0.438 e. The van der Waals surface area contributed by atoms with Gasteiger partial charge in [-0.05, 0) is 12.1 Å². The molecule has 0 spiro atoms. The van der Waals surface area contributed by atoms with Gasteiger partial charge in [-0.1, -0.05) is 18.2 Å². The number of benzene rings is 1. The lowest BCUT2D eigenvalue weighted by Crippen LogP contribution is -1.96. The molecule has 0 N–H and O–H groups in total. The summed E-state index contributed by atoms with van der Waals surface area (Å²) in [5, 5.41) is 5.54. The summed E-state index contributed by atoms with van der Waals surface area (Å²) in [6.45, 7) is 1.21. The molecule has 0 atom stereocenters. The number of furan rings is 1. The van der Waals surface area contributed by atoms with E-state index in [0.29, 0.717) is 24.9 Å². The van der Waals surface area contributed by atoms with Gasteiger partial charge in [-0.3, -0.25) is 0 Å². The average Bonchev–Trinajstić information content (AvgIpc) is 3.17. The molecule has 1 aromatic carbocycles. The van der Waals surface area contributed by atoms with Crippen LogP contribution in [0.25, 0.3) is 16.8 Å². The first kappa shape index (κ1) is 10.8. The number of hydrogen-bond donors (Lipinski definition) is 0. The van der Waals surface area contributed by atoms with E-state index in [9.17, 15) is 0 Å². The van der Waals surface area contributed by atoms with Gasteiger partial charge in [-0.2, -0.15) is 5.10 Å². The third-order valence-corrected chi connectivity index (χ3v) is 3.11. The zero-order chi connectivity index (χ0) is 12.7. The minimum Gasteiger partial charge on any atom is -0.438 e. The second-order valence-electron chi connectivity index (χ2n) is 4.38. The molecule has 96 valence electrons. The molecule has 3 aromatic rings. The van der Waals surface area contributed by atoms with E-state index >= 15 is 0 Å². The molecule has 2 aromatic heterocycles. The van der Waals surface area contributed by atoms with Gasteiger partial charge in [0.15, 0.2) is 5.76 Å². The summed E-state index contributed by atoms with van der Waals surface area (Å²) in [5.74, 6) is 1.33. The Labute approximate surface area is 109 Å². The molecule has 19 heavy (non-hydrogen) atoms. The lowest BCUT2D eigenvalue weighted by Gasteiger charge is -2.04. The number of nitrogens with zero attached hydrogens (tertiary/aromatic N) is 2. The Hall–Kier alpha value is -2.11. The molecular formula is C14H12N2O3. The minimum absolute atomic E-state index is 0.390. The molecule has 0 unspecified atom stereocenters. The van der Waals surface area contributed by atoms with E-state index in [1.165, 1.54) is 0 Å². The summed E-state index contributed by atoms with van der Waals surface area (Å²) < 4.78 is 18.3. The van der Waals surface area contributed by atoms with Gasteiger partial charge in [0.2, 0.25) is 12.2 Å². The van der Waals surface area contributed by atoms with Gasteiger partial charge in [0.1, 0.15) is 0 Å². The molecule has 5 heteroatoms. The number of ether oxygens (including phenoxy) is 2. The standard InChI is InChI=1S/C14H12N2O3/c1-2-4-11-10(3-1)9-16(15-11)13-6-5-12(19-13)14-17-7-8-18-14/h1-6,9,14H,7-8H2. The van der Waals surface area contributed by atoms with E-state index in [4.69, 9.17) is 13.9 Å². The van der Waals surface area contributed by atoms with Crippen LogP contribution in [0.4, 0.5) is 0 Å². The van der Waals surface area contributed by atoms with Crippen molar-refractivity contribution in [2.45, 2.75) is 6.29 Å². The second-order valence-corrected chi connectivity index (χ2v) is 4.38. The Morgan fingerprint density at radius 3 is 2.74 bits per heavy atom. The highest BCUT2D eigenvalue weighted by molar-refractivity contribution is 5.78. The topological polar surface area (TPSA) is 49.4 Å². The van der Waals surface area contributed by atoms with Crippen LogP contribution < -0.4 is 0 Å². The Morgan fingerprint density at radius 1 is 1.05 bits per heavy atom. The van der Waals surface area contributed by atoms with Crippen LogP contribution in [0.3, 0.4) is 0 Å². The molecule has 5 nitrogen and oxygen atoms in total. The van der Waals surface area contributed by atoms with Gasteiger partial charge in [0, 0.05) is 17.6 Å². The first-order valence-corrected chi connectivity index (χ1v) is 6.18. The molecule has 1 aliphatic rings. The van der Waals surface area contributed by atoms with E-state index in [-0.39, 0.29) is 0 Å². The van der Waals surface area contributed by atoms with Crippen LogP contribution in [-0.4, -0.2) is 23.0 Å². The Kier molecular flexibility index (Phi) is 2.39. The maximum absolute atomic E-state index is 5.73. The molecule has 3 heterocycles. The molecular weight excluding hydrogens is 244 g/mol. The van der Waals surface area contributed by atoms with Crippen molar-refractivity contribution < 1.29 is 13.9 Å². The van der Waals surface area contributed by atoms with Crippen molar-refractivity contribution in [1.82, 2.24) is 9.78 Å². The summed E-state index contributed by atoms with van der Waals surface area (Å²) in [6, 6.07) is 11.7. The molecule has 1 saturated heterocycles. The number of aromatic nitrogens is 2. The summed E-state index contributed by atoms with van der Waals surface area (Å²) in [7, 11) is 0. The molecule has 0 bridgehead atoms. The summed E-state index contributed by atoms with van der Waals surface area (Å²) in [5.41, 5.74) is 0.939. The Bertz CT molecular complexity index is 677. The van der Waals surface area contributed by atoms with Gasteiger partial charge >= 0.3 is 0 Å². The average molecular weight is 256 g/mol. The molecule has 0 saturated carbocycles. The van der Waals surface area contributed by atoms with Gasteiger partial charge in [0.25, 0.3) is 0 Å². The fourth-order valence-corrected chi connectivity index (χ4v) is 2.19. The van der Waals surface area contributed by atoms with Gasteiger partial charge in [-0.15, -0.1) is 0 Å². The maximum atomic E-state index is 5.73. The second kappa shape index (κ2) is 4.22. The maximum Gasteiger partial charge on any atom is 0.220 e. The molecule has 4 rings (SSSR count). The normalized spacial score (nSPS) is 16.4. The van der Waals surface area contributed by atoms with Crippen molar-refractivity contribution >= 4 is 10.9 Å². The fourth-order valence-electron chi connectivity index (χ4n) is 2.19. The van der Waals surface area contributed by atoms with E-state index in [0.717, 1.165) is 10.9 Å². The number of hydrogen-bond acceptors (Lipinski definition) is 4. The van der Waals surface area contributed by atoms with Crippen molar-refractivity contribution in [3.8, 4) is 5.88 Å². The van der Waals surface area contributed by atoms with Crippen LogP contribution in [0.1, 0.15) is 12.1 Å². The molecule has 0 aliphatic carbocycles. The third kappa shape index (κ3) is 1.83. The van der Waals surface area contributed by atoms with Crippen LogP contribution in [0.2, 0.25) is 0 Å². The van der Waals surface area contributed by atoms with Crippen molar-refractivity contribution in [2.24, 2.45) is 0 Å². The van der Waals surface area contributed by atoms with E-state index in [1.807, 2.05) is 42.6 Å².